The van der Waals surface area contributed by atoms with Crippen LogP contribution in [0.1, 0.15) is 11.7 Å². The smallest absolute Gasteiger partial charge is 0.154 e. The summed E-state index contributed by atoms with van der Waals surface area (Å²) >= 11 is 5.38. The molecule has 0 aliphatic carbocycles. The van der Waals surface area contributed by atoms with Crippen LogP contribution in [-0.2, 0) is 0 Å². The number of likely N-dealkylation sites (N-methyl/N-ethyl adjacent to an activating group) is 1. The first-order chi connectivity index (χ1) is 6.99. The highest BCUT2D eigenvalue weighted by molar-refractivity contribution is 6.32. The molecule has 84 valence electrons. The van der Waals surface area contributed by atoms with Gasteiger partial charge < -0.3 is 15.5 Å². The molecule has 0 radical (unpaired) electrons. The minimum Gasteiger partial charge on any atom is -0.506 e. The van der Waals surface area contributed by atoms with Gasteiger partial charge in [-0.1, -0.05) is 11.6 Å². The van der Waals surface area contributed by atoms with E-state index in [1.807, 2.05) is 0 Å². The molecule has 1 atom stereocenters. The molecule has 0 fully saturated rings. The van der Waals surface area contributed by atoms with Crippen LogP contribution in [0.3, 0.4) is 0 Å². The lowest BCUT2D eigenvalue weighted by Crippen LogP contribution is -2.19. The van der Waals surface area contributed by atoms with Crippen LogP contribution in [-0.4, -0.2) is 23.8 Å². The van der Waals surface area contributed by atoms with E-state index >= 15 is 0 Å². The monoisotopic (exact) mass is 237 g/mol. The van der Waals surface area contributed by atoms with Gasteiger partial charge in [0.25, 0.3) is 0 Å². The number of nitrogens with one attached hydrogen (secondary N) is 1. The number of aromatic hydroxyl groups is 1. The molecule has 0 aliphatic rings. The van der Waals surface area contributed by atoms with Crippen molar-refractivity contribution < 1.29 is 19.0 Å². The Morgan fingerprint density at radius 2 is 2.13 bits per heavy atom. The van der Waals surface area contributed by atoms with Gasteiger partial charge in [-0.3, -0.25) is 0 Å². The Kier molecular flexibility index (Phi) is 3.84. The average Bonchev–Trinajstić information content (AvgIpc) is 2.15. The highest BCUT2D eigenvalue weighted by Gasteiger charge is 2.22. The SMILES string of the molecule is CNCC(O)c1c(F)cc(O)c(Cl)c1F. The molecule has 0 heterocycles. The molecule has 15 heavy (non-hydrogen) atoms. The summed E-state index contributed by atoms with van der Waals surface area (Å²) in [4.78, 5) is 0. The Balaban J connectivity index is 3.23. The van der Waals surface area contributed by atoms with Crippen LogP contribution in [0, 0.1) is 11.6 Å². The molecule has 1 aromatic carbocycles. The number of halogens is 3. The van der Waals surface area contributed by atoms with Gasteiger partial charge in [0.2, 0.25) is 0 Å². The van der Waals surface area contributed by atoms with E-state index in [2.05, 4.69) is 5.32 Å². The standard InChI is InChI=1S/C9H10ClF2NO2/c1-13-3-6(15)7-4(11)2-5(14)8(10)9(7)12/h2,6,13-15H,3H2,1H3. The first kappa shape index (κ1) is 12.2. The summed E-state index contributed by atoms with van der Waals surface area (Å²) < 4.78 is 26.6. The Hall–Kier alpha value is -0.910. The molecule has 0 saturated heterocycles. The average molecular weight is 238 g/mol. The highest BCUT2D eigenvalue weighted by Crippen LogP contribution is 2.33. The van der Waals surface area contributed by atoms with Crippen molar-refractivity contribution in [1.82, 2.24) is 5.32 Å². The minimum atomic E-state index is -1.35. The molecule has 1 aromatic rings. The summed E-state index contributed by atoms with van der Waals surface area (Å²) in [6.45, 7) is -0.0189. The Bertz CT molecular complexity index is 374. The zero-order valence-corrected chi connectivity index (χ0v) is 8.65. The summed E-state index contributed by atoms with van der Waals surface area (Å²) in [5.41, 5.74) is -0.549. The lowest BCUT2D eigenvalue weighted by molar-refractivity contribution is 0.167. The fourth-order valence-corrected chi connectivity index (χ4v) is 1.35. The molecule has 1 rings (SSSR count). The molecule has 0 aromatic heterocycles. The quantitative estimate of drug-likeness (QED) is 0.700. The second kappa shape index (κ2) is 4.74. The number of phenols is 1. The Labute approximate surface area is 90.3 Å². The van der Waals surface area contributed by atoms with E-state index in [1.54, 1.807) is 0 Å². The zero-order chi connectivity index (χ0) is 11.6. The summed E-state index contributed by atoms with van der Waals surface area (Å²) in [6.07, 6.45) is -1.35. The van der Waals surface area contributed by atoms with E-state index in [0.29, 0.717) is 6.07 Å². The van der Waals surface area contributed by atoms with Crippen molar-refractivity contribution in [2.75, 3.05) is 13.6 Å². The van der Waals surface area contributed by atoms with Crippen molar-refractivity contribution in [2.45, 2.75) is 6.10 Å². The number of hydrogen-bond donors (Lipinski definition) is 3. The third-order valence-corrected chi connectivity index (χ3v) is 2.27. The predicted molar refractivity (Wildman–Crippen MR) is 51.9 cm³/mol. The molecule has 0 aliphatic heterocycles. The maximum Gasteiger partial charge on any atom is 0.154 e. The predicted octanol–water partition coefficient (Wildman–Crippen LogP) is 1.58. The Morgan fingerprint density at radius 1 is 1.53 bits per heavy atom. The van der Waals surface area contributed by atoms with Crippen LogP contribution in [0.5, 0.6) is 5.75 Å². The van der Waals surface area contributed by atoms with Gasteiger partial charge in [0.15, 0.2) is 5.82 Å². The fourth-order valence-electron chi connectivity index (χ4n) is 1.20. The molecule has 0 amide bonds. The molecular weight excluding hydrogens is 228 g/mol. The van der Waals surface area contributed by atoms with E-state index in [9.17, 15) is 13.9 Å². The number of hydrogen-bond acceptors (Lipinski definition) is 3. The molecule has 0 spiro atoms. The van der Waals surface area contributed by atoms with Crippen LogP contribution in [0.4, 0.5) is 8.78 Å². The molecular formula is C9H10ClF2NO2. The zero-order valence-electron chi connectivity index (χ0n) is 7.89. The van der Waals surface area contributed by atoms with Crippen molar-refractivity contribution in [2.24, 2.45) is 0 Å². The van der Waals surface area contributed by atoms with E-state index < -0.39 is 34.1 Å². The topological polar surface area (TPSA) is 52.5 Å². The lowest BCUT2D eigenvalue weighted by atomic mass is 10.1. The summed E-state index contributed by atoms with van der Waals surface area (Å²) in [6, 6.07) is 0.666. The van der Waals surface area contributed by atoms with Crippen LogP contribution >= 0.6 is 11.6 Å². The van der Waals surface area contributed by atoms with Gasteiger partial charge in [-0.15, -0.1) is 0 Å². The van der Waals surface area contributed by atoms with Crippen LogP contribution < -0.4 is 5.32 Å². The highest BCUT2D eigenvalue weighted by atomic mass is 35.5. The second-order valence-corrected chi connectivity index (χ2v) is 3.37. The Morgan fingerprint density at radius 3 is 2.67 bits per heavy atom. The van der Waals surface area contributed by atoms with Crippen molar-refractivity contribution >= 4 is 11.6 Å². The van der Waals surface area contributed by atoms with Crippen molar-refractivity contribution in [3.05, 3.63) is 28.3 Å². The van der Waals surface area contributed by atoms with Gasteiger partial charge >= 0.3 is 0 Å². The van der Waals surface area contributed by atoms with Crippen LogP contribution in [0.25, 0.3) is 0 Å². The van der Waals surface area contributed by atoms with Gasteiger partial charge in [0.1, 0.15) is 16.6 Å². The molecule has 3 N–H and O–H groups in total. The molecule has 6 heteroatoms. The van der Waals surface area contributed by atoms with Gasteiger partial charge in [-0.05, 0) is 7.05 Å². The summed E-state index contributed by atoms with van der Waals surface area (Å²) in [5, 5.41) is 20.4. The van der Waals surface area contributed by atoms with Crippen LogP contribution in [0.2, 0.25) is 5.02 Å². The van der Waals surface area contributed by atoms with Crippen LogP contribution in [0.15, 0.2) is 6.07 Å². The number of aliphatic hydroxyl groups is 1. The number of aliphatic hydroxyl groups excluding tert-OH is 1. The summed E-state index contributed by atoms with van der Waals surface area (Å²) in [5.74, 6) is -2.86. The molecule has 0 saturated carbocycles. The maximum atomic E-state index is 13.4. The van der Waals surface area contributed by atoms with E-state index in [4.69, 9.17) is 16.7 Å². The van der Waals surface area contributed by atoms with Gasteiger partial charge in [-0.2, -0.15) is 0 Å². The van der Waals surface area contributed by atoms with Gasteiger partial charge in [-0.25, -0.2) is 8.78 Å². The van der Waals surface area contributed by atoms with E-state index in [-0.39, 0.29) is 6.54 Å². The molecule has 1 unspecified atom stereocenters. The minimum absolute atomic E-state index is 0.0189. The van der Waals surface area contributed by atoms with E-state index in [0.717, 1.165) is 0 Å². The number of rotatable bonds is 3. The fraction of sp³-hybridized carbons (Fsp3) is 0.333. The first-order valence-corrected chi connectivity index (χ1v) is 4.55. The third-order valence-electron chi connectivity index (χ3n) is 1.91. The van der Waals surface area contributed by atoms with Gasteiger partial charge in [0.05, 0.1) is 11.7 Å². The first-order valence-electron chi connectivity index (χ1n) is 4.18. The number of benzene rings is 1. The van der Waals surface area contributed by atoms with E-state index in [1.165, 1.54) is 7.05 Å². The van der Waals surface area contributed by atoms with Gasteiger partial charge in [0, 0.05) is 12.6 Å². The van der Waals surface area contributed by atoms with Crippen molar-refractivity contribution in [3.8, 4) is 5.75 Å². The normalized spacial score (nSPS) is 12.9. The maximum absolute atomic E-state index is 13.4. The largest absolute Gasteiger partial charge is 0.506 e. The lowest BCUT2D eigenvalue weighted by Gasteiger charge is -2.13. The van der Waals surface area contributed by atoms with Crippen molar-refractivity contribution in [1.29, 1.82) is 0 Å². The summed E-state index contributed by atoms with van der Waals surface area (Å²) in [7, 11) is 1.53. The number of phenolic OH excluding ortho intramolecular Hbond substituents is 1. The second-order valence-electron chi connectivity index (χ2n) is 2.99. The molecule has 3 nitrogen and oxygen atoms in total. The third kappa shape index (κ3) is 2.37. The molecule has 0 bridgehead atoms. The van der Waals surface area contributed by atoms with Crippen molar-refractivity contribution in [3.63, 3.8) is 0 Å².